The van der Waals surface area contributed by atoms with Gasteiger partial charge in [-0.25, -0.2) is 14.2 Å². The summed E-state index contributed by atoms with van der Waals surface area (Å²) in [6, 6.07) is 8.96. The highest BCUT2D eigenvalue weighted by Gasteiger charge is 2.17. The Hall–Kier alpha value is -4.14. The third-order valence-electron chi connectivity index (χ3n) is 5.58. The minimum Gasteiger partial charge on any atom is -0.493 e. The van der Waals surface area contributed by atoms with Crippen molar-refractivity contribution in [3.05, 3.63) is 83.9 Å². The smallest absolute Gasteiger partial charge is 0.335 e. The van der Waals surface area contributed by atoms with E-state index in [4.69, 9.17) is 0 Å². The van der Waals surface area contributed by atoms with Crippen LogP contribution in [0.4, 0.5) is 5.69 Å². The van der Waals surface area contributed by atoms with Crippen LogP contribution in [0.2, 0.25) is 0 Å². The van der Waals surface area contributed by atoms with Crippen molar-refractivity contribution in [3.8, 4) is 11.6 Å². The third kappa shape index (κ3) is 3.27. The first-order valence-electron chi connectivity index (χ1n) is 9.96. The summed E-state index contributed by atoms with van der Waals surface area (Å²) in [6.45, 7) is 5.61. The molecule has 164 valence electrons. The van der Waals surface area contributed by atoms with Gasteiger partial charge in [-0.3, -0.25) is 23.9 Å². The highest BCUT2D eigenvalue weighted by atomic mass is 16.3. The Labute approximate surface area is 182 Å². The van der Waals surface area contributed by atoms with Crippen molar-refractivity contribution in [1.82, 2.24) is 18.7 Å². The largest absolute Gasteiger partial charge is 0.493 e. The van der Waals surface area contributed by atoms with Crippen molar-refractivity contribution in [3.63, 3.8) is 0 Å². The van der Waals surface area contributed by atoms with E-state index in [2.05, 4.69) is 9.98 Å². The van der Waals surface area contributed by atoms with E-state index in [0.717, 1.165) is 26.8 Å². The zero-order chi connectivity index (χ0) is 23.3. The lowest BCUT2D eigenvalue weighted by Crippen LogP contribution is -2.32. The Morgan fingerprint density at radius 2 is 1.56 bits per heavy atom. The lowest BCUT2D eigenvalue weighted by molar-refractivity contribution is 0.429. The molecule has 0 aliphatic carbocycles. The fourth-order valence-electron chi connectivity index (χ4n) is 4.10. The molecule has 0 aliphatic heterocycles. The molecule has 4 aromatic rings. The molecule has 0 unspecified atom stereocenters. The average Bonchev–Trinajstić information content (AvgIpc) is 2.93. The number of hydrogen-bond donors (Lipinski definition) is 2. The van der Waals surface area contributed by atoms with Crippen LogP contribution in [0.5, 0.6) is 5.88 Å². The molecule has 9 nitrogen and oxygen atoms in total. The van der Waals surface area contributed by atoms with E-state index in [1.54, 1.807) is 32.3 Å². The fourth-order valence-corrected chi connectivity index (χ4v) is 4.10. The van der Waals surface area contributed by atoms with Gasteiger partial charge in [0, 0.05) is 20.3 Å². The van der Waals surface area contributed by atoms with Crippen molar-refractivity contribution < 1.29 is 5.11 Å². The van der Waals surface area contributed by atoms with E-state index in [0.29, 0.717) is 16.9 Å². The number of aliphatic imine (C=N–C) groups is 1. The van der Waals surface area contributed by atoms with Crippen LogP contribution >= 0.6 is 0 Å². The van der Waals surface area contributed by atoms with E-state index < -0.39 is 17.1 Å². The standard InChI is InChI=1S/C23H23N5O4/c1-12-8-13(2)19(14(3)9-12)28-21(30)16(20(29)25-22(28)31)11-24-15-6-7-17-18(10-15)27(5)23(32)26(17)4/h6-11,30H,1-5H3,(H,25,29,31). The van der Waals surface area contributed by atoms with Crippen molar-refractivity contribution >= 4 is 22.9 Å². The van der Waals surface area contributed by atoms with Gasteiger partial charge in [0.05, 0.1) is 22.4 Å². The molecule has 0 saturated heterocycles. The predicted octanol–water partition coefficient (Wildman–Crippen LogP) is 2.10. The van der Waals surface area contributed by atoms with Gasteiger partial charge in [0.1, 0.15) is 5.56 Å². The highest BCUT2D eigenvalue weighted by molar-refractivity contribution is 5.86. The summed E-state index contributed by atoms with van der Waals surface area (Å²) in [5.41, 5.74) is 3.21. The lowest BCUT2D eigenvalue weighted by Gasteiger charge is -2.15. The first-order valence-corrected chi connectivity index (χ1v) is 9.96. The van der Waals surface area contributed by atoms with Gasteiger partial charge in [-0.1, -0.05) is 17.7 Å². The normalized spacial score (nSPS) is 11.7. The van der Waals surface area contributed by atoms with E-state index in [9.17, 15) is 19.5 Å². The molecule has 0 fully saturated rings. The molecule has 2 aromatic heterocycles. The van der Waals surface area contributed by atoms with Gasteiger partial charge in [0.25, 0.3) is 5.56 Å². The Bertz CT molecular complexity index is 1570. The molecule has 2 N–H and O–H groups in total. The quantitative estimate of drug-likeness (QED) is 0.482. The zero-order valence-corrected chi connectivity index (χ0v) is 18.4. The van der Waals surface area contributed by atoms with Crippen LogP contribution in [0.25, 0.3) is 16.7 Å². The summed E-state index contributed by atoms with van der Waals surface area (Å²) in [6.07, 6.45) is 1.21. The Morgan fingerprint density at radius 3 is 2.22 bits per heavy atom. The Balaban J connectivity index is 1.87. The summed E-state index contributed by atoms with van der Waals surface area (Å²) in [4.78, 5) is 43.7. The summed E-state index contributed by atoms with van der Waals surface area (Å²) in [5.74, 6) is -0.495. The number of fused-ring (bicyclic) bond motifs is 1. The first-order chi connectivity index (χ1) is 15.1. The summed E-state index contributed by atoms with van der Waals surface area (Å²) >= 11 is 0. The number of H-pyrrole nitrogens is 1. The molecule has 9 heteroatoms. The fraction of sp³-hybridized carbons (Fsp3) is 0.217. The molecule has 4 rings (SSSR count). The maximum Gasteiger partial charge on any atom is 0.335 e. The van der Waals surface area contributed by atoms with Crippen LogP contribution in [0.1, 0.15) is 22.3 Å². The topological polar surface area (TPSA) is 114 Å². The van der Waals surface area contributed by atoms with Gasteiger partial charge in [0.15, 0.2) is 0 Å². The second kappa shape index (κ2) is 7.52. The number of aromatic amines is 1. The van der Waals surface area contributed by atoms with Crippen molar-refractivity contribution in [1.29, 1.82) is 0 Å². The SMILES string of the molecule is Cc1cc(C)c(-n2c(O)c(C=Nc3ccc4c(c3)n(C)c(=O)n4C)c(=O)[nH]c2=O)c(C)c1. The van der Waals surface area contributed by atoms with Crippen molar-refractivity contribution in [2.24, 2.45) is 19.1 Å². The van der Waals surface area contributed by atoms with E-state index in [1.165, 1.54) is 15.3 Å². The van der Waals surface area contributed by atoms with Gasteiger partial charge >= 0.3 is 11.4 Å². The molecule has 32 heavy (non-hydrogen) atoms. The van der Waals surface area contributed by atoms with E-state index in [-0.39, 0.29) is 11.3 Å². The number of nitrogens with one attached hydrogen (secondary N) is 1. The summed E-state index contributed by atoms with van der Waals surface area (Å²) in [5, 5.41) is 10.9. The third-order valence-corrected chi connectivity index (χ3v) is 5.58. The summed E-state index contributed by atoms with van der Waals surface area (Å²) < 4.78 is 4.11. The number of nitrogens with zero attached hydrogens (tertiary/aromatic N) is 4. The average molecular weight is 433 g/mol. The Kier molecular flexibility index (Phi) is 4.96. The molecule has 0 aliphatic rings. The molecule has 2 heterocycles. The molecule has 0 amide bonds. The van der Waals surface area contributed by atoms with Gasteiger partial charge in [-0.2, -0.15) is 0 Å². The number of rotatable bonds is 3. The zero-order valence-electron chi connectivity index (χ0n) is 18.4. The van der Waals surface area contributed by atoms with Gasteiger partial charge in [-0.15, -0.1) is 0 Å². The molecule has 0 atom stereocenters. The van der Waals surface area contributed by atoms with Crippen LogP contribution in [0, 0.1) is 20.8 Å². The van der Waals surface area contributed by atoms with Gasteiger partial charge in [0.2, 0.25) is 5.88 Å². The monoisotopic (exact) mass is 433 g/mol. The van der Waals surface area contributed by atoms with Crippen LogP contribution in [-0.4, -0.2) is 30.0 Å². The second-order valence-corrected chi connectivity index (χ2v) is 7.91. The van der Waals surface area contributed by atoms with Crippen molar-refractivity contribution in [2.75, 3.05) is 0 Å². The van der Waals surface area contributed by atoms with Gasteiger partial charge in [-0.05, 0) is 50.1 Å². The number of aromatic nitrogens is 4. The maximum absolute atomic E-state index is 12.6. The maximum atomic E-state index is 12.6. The number of benzene rings is 2. The van der Waals surface area contributed by atoms with Gasteiger partial charge < -0.3 is 5.11 Å². The molecule has 0 saturated carbocycles. The Morgan fingerprint density at radius 1 is 0.938 bits per heavy atom. The van der Waals surface area contributed by atoms with E-state index in [1.807, 2.05) is 32.9 Å². The van der Waals surface area contributed by atoms with E-state index >= 15 is 0 Å². The van der Waals surface area contributed by atoms with Crippen LogP contribution in [-0.2, 0) is 14.1 Å². The molecular formula is C23H23N5O4. The van der Waals surface area contributed by atoms with Crippen LogP contribution in [0.3, 0.4) is 0 Å². The van der Waals surface area contributed by atoms with Crippen LogP contribution in [0.15, 0.2) is 49.7 Å². The molecule has 0 spiro atoms. The number of aromatic hydroxyl groups is 1. The molecule has 2 aromatic carbocycles. The molecular weight excluding hydrogens is 410 g/mol. The lowest BCUT2D eigenvalue weighted by atomic mass is 10.0. The minimum absolute atomic E-state index is 0.147. The minimum atomic E-state index is -0.747. The molecule has 0 radical (unpaired) electrons. The highest BCUT2D eigenvalue weighted by Crippen LogP contribution is 2.25. The number of hydrogen-bond acceptors (Lipinski definition) is 5. The number of imidazole rings is 1. The second-order valence-electron chi connectivity index (χ2n) is 7.91. The first kappa shape index (κ1) is 21.1. The summed E-state index contributed by atoms with van der Waals surface area (Å²) in [7, 11) is 3.35. The van der Waals surface area contributed by atoms with Crippen LogP contribution < -0.4 is 16.9 Å². The number of aryl methyl sites for hydroxylation is 5. The van der Waals surface area contributed by atoms with Crippen molar-refractivity contribution in [2.45, 2.75) is 20.8 Å². The predicted molar refractivity (Wildman–Crippen MR) is 124 cm³/mol. The molecule has 0 bridgehead atoms.